The van der Waals surface area contributed by atoms with Crippen LogP contribution in [0.15, 0.2) is 54.6 Å². The summed E-state index contributed by atoms with van der Waals surface area (Å²) in [5.74, 6) is -3.63. The fourth-order valence-corrected chi connectivity index (χ4v) is 5.75. The van der Waals surface area contributed by atoms with Crippen LogP contribution in [-0.2, 0) is 23.9 Å². The average molecular weight is 447 g/mol. The first-order valence-corrected chi connectivity index (χ1v) is 11.0. The molecule has 8 nitrogen and oxygen atoms in total. The third-order valence-electron chi connectivity index (χ3n) is 7.16. The van der Waals surface area contributed by atoms with Gasteiger partial charge in [0.1, 0.15) is 5.54 Å². The summed E-state index contributed by atoms with van der Waals surface area (Å²) >= 11 is 0. The molecule has 0 aliphatic carbocycles. The normalized spacial score (nSPS) is 29.0. The molecular weight excluding hydrogens is 422 g/mol. The predicted octanol–water partition coefficient (Wildman–Crippen LogP) is 1.59. The molecule has 4 atom stereocenters. The molecule has 3 saturated heterocycles. The zero-order chi connectivity index (χ0) is 23.3. The summed E-state index contributed by atoms with van der Waals surface area (Å²) in [4.78, 5) is 56.8. The van der Waals surface area contributed by atoms with E-state index in [2.05, 4.69) is 5.32 Å². The number of ether oxygens (including phenoxy) is 1. The minimum absolute atomic E-state index is 0.305. The Morgan fingerprint density at radius 3 is 2.42 bits per heavy atom. The Balaban J connectivity index is 1.71. The van der Waals surface area contributed by atoms with E-state index in [1.54, 1.807) is 30.3 Å². The number of para-hydroxylation sites is 1. The SMILES string of the molecule is COC(=O)C[C@]12C(=O)NCCN1[C@H](c1ccc(C)cc1)[C@H]1C(=O)N(c3ccccc3)C(=O)[C@@H]12. The van der Waals surface area contributed by atoms with Gasteiger partial charge in [0.05, 0.1) is 31.1 Å². The molecule has 3 aliphatic rings. The Morgan fingerprint density at radius 2 is 1.76 bits per heavy atom. The molecule has 0 radical (unpaired) electrons. The molecule has 0 bridgehead atoms. The zero-order valence-corrected chi connectivity index (χ0v) is 18.5. The van der Waals surface area contributed by atoms with Crippen LogP contribution in [0.25, 0.3) is 0 Å². The lowest BCUT2D eigenvalue weighted by Crippen LogP contribution is -2.67. The number of piperazine rings is 1. The van der Waals surface area contributed by atoms with Crippen molar-refractivity contribution in [1.82, 2.24) is 10.2 Å². The van der Waals surface area contributed by atoms with Gasteiger partial charge in [-0.25, -0.2) is 4.90 Å². The molecule has 3 fully saturated rings. The number of benzene rings is 2. The number of methoxy groups -OCH3 is 1. The van der Waals surface area contributed by atoms with Gasteiger partial charge in [-0.1, -0.05) is 48.0 Å². The van der Waals surface area contributed by atoms with Crippen molar-refractivity contribution in [3.63, 3.8) is 0 Å². The van der Waals surface area contributed by atoms with Gasteiger partial charge in [-0.05, 0) is 24.6 Å². The Bertz CT molecular complexity index is 1130. The molecule has 0 spiro atoms. The largest absolute Gasteiger partial charge is 0.469 e. The lowest BCUT2D eigenvalue weighted by molar-refractivity contribution is -0.154. The second-order valence-corrected chi connectivity index (χ2v) is 8.83. The van der Waals surface area contributed by atoms with E-state index in [4.69, 9.17) is 4.74 Å². The van der Waals surface area contributed by atoms with E-state index in [9.17, 15) is 19.2 Å². The summed E-state index contributed by atoms with van der Waals surface area (Å²) in [5.41, 5.74) is 0.862. The first kappa shape index (κ1) is 21.3. The van der Waals surface area contributed by atoms with Crippen molar-refractivity contribution in [2.75, 3.05) is 25.1 Å². The molecule has 3 heterocycles. The van der Waals surface area contributed by atoms with Crippen LogP contribution in [0, 0.1) is 18.8 Å². The number of rotatable bonds is 4. The van der Waals surface area contributed by atoms with Crippen LogP contribution in [0.1, 0.15) is 23.6 Å². The standard InChI is InChI=1S/C25H25N3O5/c1-15-8-10-16(11-9-15)21-19-20(23(31)28(22(19)30)17-6-4-3-5-7-17)25(14-18(29)33-2)24(32)26-12-13-27(21)25/h3-11,19-21H,12-14H2,1-2H3,(H,26,32)/t19-,20+,21+,25-/m0/s1. The fraction of sp³-hybridized carbons (Fsp3) is 0.360. The molecule has 2 aromatic rings. The van der Waals surface area contributed by atoms with Crippen molar-refractivity contribution in [1.29, 1.82) is 0 Å². The van der Waals surface area contributed by atoms with E-state index in [0.717, 1.165) is 11.1 Å². The Hall–Kier alpha value is -3.52. The second kappa shape index (κ2) is 7.81. The van der Waals surface area contributed by atoms with Gasteiger partial charge in [0, 0.05) is 19.1 Å². The highest BCUT2D eigenvalue weighted by molar-refractivity contribution is 6.24. The molecule has 0 saturated carbocycles. The Morgan fingerprint density at radius 1 is 1.06 bits per heavy atom. The van der Waals surface area contributed by atoms with Gasteiger partial charge < -0.3 is 10.1 Å². The monoisotopic (exact) mass is 447 g/mol. The van der Waals surface area contributed by atoms with Crippen molar-refractivity contribution >= 4 is 29.4 Å². The molecule has 2 aromatic carbocycles. The van der Waals surface area contributed by atoms with E-state index >= 15 is 0 Å². The van der Waals surface area contributed by atoms with E-state index in [-0.39, 0.29) is 12.3 Å². The van der Waals surface area contributed by atoms with Crippen LogP contribution in [-0.4, -0.2) is 54.3 Å². The number of amides is 3. The maximum absolute atomic E-state index is 13.9. The summed E-state index contributed by atoms with van der Waals surface area (Å²) in [6, 6.07) is 16.0. The van der Waals surface area contributed by atoms with Crippen LogP contribution >= 0.6 is 0 Å². The van der Waals surface area contributed by atoms with E-state index in [1.165, 1.54) is 12.0 Å². The van der Waals surface area contributed by atoms with Gasteiger partial charge in [-0.3, -0.25) is 24.1 Å². The van der Waals surface area contributed by atoms with Gasteiger partial charge in [-0.15, -0.1) is 0 Å². The van der Waals surface area contributed by atoms with Gasteiger partial charge in [0.2, 0.25) is 17.7 Å². The van der Waals surface area contributed by atoms with Gasteiger partial charge >= 0.3 is 5.97 Å². The van der Waals surface area contributed by atoms with Gasteiger partial charge in [-0.2, -0.15) is 0 Å². The maximum Gasteiger partial charge on any atom is 0.307 e. The van der Waals surface area contributed by atoms with Crippen LogP contribution in [0.3, 0.4) is 0 Å². The van der Waals surface area contributed by atoms with Crippen molar-refractivity contribution in [2.24, 2.45) is 11.8 Å². The van der Waals surface area contributed by atoms with E-state index < -0.39 is 41.2 Å². The number of carbonyl (C=O) groups is 4. The van der Waals surface area contributed by atoms with Crippen molar-refractivity contribution in [3.05, 3.63) is 65.7 Å². The first-order chi connectivity index (χ1) is 15.9. The number of hydrogen-bond donors (Lipinski definition) is 1. The molecule has 33 heavy (non-hydrogen) atoms. The van der Waals surface area contributed by atoms with E-state index in [0.29, 0.717) is 18.8 Å². The number of esters is 1. The number of anilines is 1. The lowest BCUT2D eigenvalue weighted by atomic mass is 9.76. The van der Waals surface area contributed by atoms with E-state index in [1.807, 2.05) is 36.1 Å². The fourth-order valence-electron chi connectivity index (χ4n) is 5.75. The molecule has 3 amide bonds. The second-order valence-electron chi connectivity index (χ2n) is 8.83. The predicted molar refractivity (Wildman–Crippen MR) is 119 cm³/mol. The Kier molecular flexibility index (Phi) is 5.05. The lowest BCUT2D eigenvalue weighted by Gasteiger charge is -2.45. The smallest absolute Gasteiger partial charge is 0.307 e. The molecule has 0 unspecified atom stereocenters. The summed E-state index contributed by atoms with van der Waals surface area (Å²) in [6.07, 6.45) is -0.305. The summed E-state index contributed by atoms with van der Waals surface area (Å²) in [6.45, 7) is 2.76. The minimum Gasteiger partial charge on any atom is -0.469 e. The molecule has 1 N–H and O–H groups in total. The van der Waals surface area contributed by atoms with Gasteiger partial charge in [0.15, 0.2) is 0 Å². The number of hydrogen-bond acceptors (Lipinski definition) is 6. The highest BCUT2D eigenvalue weighted by atomic mass is 16.5. The van der Waals surface area contributed by atoms with Crippen molar-refractivity contribution in [2.45, 2.75) is 24.9 Å². The molecule has 5 rings (SSSR count). The zero-order valence-electron chi connectivity index (χ0n) is 18.5. The summed E-state index contributed by atoms with van der Waals surface area (Å²) < 4.78 is 4.93. The van der Waals surface area contributed by atoms with Gasteiger partial charge in [0.25, 0.3) is 0 Å². The number of imide groups is 1. The third-order valence-corrected chi connectivity index (χ3v) is 7.16. The van der Waals surface area contributed by atoms with Crippen molar-refractivity contribution < 1.29 is 23.9 Å². The topological polar surface area (TPSA) is 96.0 Å². The molecule has 8 heteroatoms. The van der Waals surface area contributed by atoms with Crippen LogP contribution in [0.4, 0.5) is 5.69 Å². The van der Waals surface area contributed by atoms with Crippen LogP contribution in [0.5, 0.6) is 0 Å². The minimum atomic E-state index is -1.50. The van der Waals surface area contributed by atoms with Crippen molar-refractivity contribution in [3.8, 4) is 0 Å². The number of aryl methyl sites for hydroxylation is 1. The number of nitrogens with one attached hydrogen (secondary N) is 1. The quantitative estimate of drug-likeness (QED) is 0.565. The first-order valence-electron chi connectivity index (χ1n) is 11.0. The van der Waals surface area contributed by atoms with Crippen LogP contribution in [0.2, 0.25) is 0 Å². The third kappa shape index (κ3) is 3.01. The highest BCUT2D eigenvalue weighted by Crippen LogP contribution is 2.57. The maximum atomic E-state index is 13.9. The summed E-state index contributed by atoms with van der Waals surface area (Å²) in [5, 5.41) is 2.84. The molecular formula is C25H25N3O5. The Labute approximate surface area is 191 Å². The molecule has 170 valence electrons. The molecule has 0 aromatic heterocycles. The number of fused-ring (bicyclic) bond motifs is 3. The highest BCUT2D eigenvalue weighted by Gasteiger charge is 2.73. The number of nitrogens with zero attached hydrogens (tertiary/aromatic N) is 2. The number of carbonyl (C=O) groups excluding carboxylic acids is 4. The van der Waals surface area contributed by atoms with Crippen LogP contribution < -0.4 is 10.2 Å². The summed E-state index contributed by atoms with van der Waals surface area (Å²) in [7, 11) is 1.26. The average Bonchev–Trinajstić information content (AvgIpc) is 3.26. The molecule has 3 aliphatic heterocycles.